The molecule has 2 heterocycles. The van der Waals surface area contributed by atoms with Gasteiger partial charge < -0.3 is 9.64 Å². The van der Waals surface area contributed by atoms with Crippen LogP contribution in [0.15, 0.2) is 60.7 Å². The summed E-state index contributed by atoms with van der Waals surface area (Å²) in [6.45, 7) is 0.231. The third-order valence-corrected chi connectivity index (χ3v) is 8.82. The summed E-state index contributed by atoms with van der Waals surface area (Å²) in [7, 11) is 0. The fraction of sp³-hybridized carbons (Fsp3) is 0.357. The Morgan fingerprint density at radius 3 is 2.03 bits per heavy atom. The Balaban J connectivity index is 1.03. The number of rotatable bonds is 4. The molecule has 182 valence electrons. The molecule has 0 spiro atoms. The number of carbonyl (C=O) groups is 4. The third kappa shape index (κ3) is 3.18. The lowest BCUT2D eigenvalue weighted by Gasteiger charge is -2.37. The van der Waals surface area contributed by atoms with Crippen LogP contribution in [-0.4, -0.2) is 30.2 Å². The molecule has 0 radical (unpaired) electrons. The molecule has 7 atom stereocenters. The number of hydrogen-bond acceptors (Lipinski definition) is 5. The van der Waals surface area contributed by atoms with Gasteiger partial charge in [0.15, 0.2) is 0 Å². The van der Waals surface area contributed by atoms with E-state index in [-0.39, 0.29) is 54.4 Å². The molecule has 2 aliphatic heterocycles. The van der Waals surface area contributed by atoms with E-state index >= 15 is 0 Å². The molecule has 6 aliphatic rings. The van der Waals surface area contributed by atoms with Crippen molar-refractivity contribution in [2.24, 2.45) is 41.4 Å². The highest BCUT2D eigenvalue weighted by atomic mass is 35.5. The second kappa shape index (κ2) is 7.77. The Kier molecular flexibility index (Phi) is 4.71. The lowest BCUT2D eigenvalue weighted by molar-refractivity contribution is -0.139. The summed E-state index contributed by atoms with van der Waals surface area (Å²) >= 11 is 5.93. The van der Waals surface area contributed by atoms with Crippen molar-refractivity contribution in [1.29, 1.82) is 0 Å². The number of nitrogens with zero attached hydrogens (tertiary/aromatic N) is 2. The van der Waals surface area contributed by atoms with E-state index < -0.39 is 11.9 Å². The molecule has 7 nitrogen and oxygen atoms in total. The molecular formula is C28H23ClN2O5. The summed E-state index contributed by atoms with van der Waals surface area (Å²) in [6, 6.07) is 13.4. The predicted octanol–water partition coefficient (Wildman–Crippen LogP) is 3.86. The molecule has 3 amide bonds. The van der Waals surface area contributed by atoms with Crippen LogP contribution in [0.25, 0.3) is 0 Å². The first kappa shape index (κ1) is 21.8. The van der Waals surface area contributed by atoms with E-state index in [2.05, 4.69) is 12.2 Å². The molecular weight excluding hydrogens is 480 g/mol. The smallest absolute Gasteiger partial charge is 0.316 e. The molecule has 4 fully saturated rings. The molecule has 0 aromatic heterocycles. The zero-order valence-corrected chi connectivity index (χ0v) is 20.0. The number of carbonyl (C=O) groups excluding carboxylic acids is 4. The van der Waals surface area contributed by atoms with Crippen LogP contribution < -0.4 is 14.5 Å². The number of allylic oxidation sites excluding steroid dienone is 2. The summed E-state index contributed by atoms with van der Waals surface area (Å²) in [4.78, 5) is 54.7. The second-order valence-corrected chi connectivity index (χ2v) is 10.9. The van der Waals surface area contributed by atoms with Crippen LogP contribution >= 0.6 is 11.6 Å². The topological polar surface area (TPSA) is 84.0 Å². The number of ether oxygens (including phenoxy) is 1. The van der Waals surface area contributed by atoms with Crippen LogP contribution in [0.5, 0.6) is 5.75 Å². The van der Waals surface area contributed by atoms with Crippen LogP contribution in [0.2, 0.25) is 5.02 Å². The summed E-state index contributed by atoms with van der Waals surface area (Å²) in [5, 5.41) is 0.571. The van der Waals surface area contributed by atoms with Crippen molar-refractivity contribution < 1.29 is 23.9 Å². The van der Waals surface area contributed by atoms with Gasteiger partial charge in [-0.15, -0.1) is 0 Å². The minimum atomic E-state index is -0.591. The maximum Gasteiger partial charge on any atom is 0.316 e. The summed E-state index contributed by atoms with van der Waals surface area (Å²) in [6.07, 6.45) is 5.50. The van der Waals surface area contributed by atoms with Crippen LogP contribution in [0.4, 0.5) is 11.4 Å². The minimum Gasteiger partial charge on any atom is -0.426 e. The standard InChI is InChI=1S/C28H23ClN2O5/c29-15-1-3-16(4-2-15)30-13-14(11-23(30)32)28(35)36-18-7-5-17(6-8-18)31-26(33)24-19-9-10-20(22-12-21(19)22)25(24)27(31)34/h1-10,14,19-22,24-25H,11-13H2/t14-,19+,20+,21-,22+,24-,25+/m1/s1. The Labute approximate surface area is 212 Å². The first-order chi connectivity index (χ1) is 17.4. The van der Waals surface area contributed by atoms with Gasteiger partial charge in [-0.3, -0.25) is 24.1 Å². The number of anilines is 2. The van der Waals surface area contributed by atoms with E-state index in [0.29, 0.717) is 34.0 Å². The number of benzene rings is 2. The SMILES string of the molecule is O=C(Oc1ccc(N2C(=O)[C@@H]3[C@H]4C=C[C@@H]([C@@H]5C[C@H]45)[C@@H]3C2=O)cc1)[C@@H]1CC(=O)N(c2ccc(Cl)cc2)C1. The third-order valence-electron chi connectivity index (χ3n) is 8.57. The van der Waals surface area contributed by atoms with Gasteiger partial charge in [0.25, 0.3) is 0 Å². The van der Waals surface area contributed by atoms with E-state index in [1.165, 1.54) is 4.90 Å². The second-order valence-electron chi connectivity index (χ2n) is 10.5. The molecule has 36 heavy (non-hydrogen) atoms. The van der Waals surface area contributed by atoms with E-state index in [9.17, 15) is 19.2 Å². The first-order valence-corrected chi connectivity index (χ1v) is 12.7. The Morgan fingerprint density at radius 1 is 0.833 bits per heavy atom. The van der Waals surface area contributed by atoms with Gasteiger partial charge in [-0.2, -0.15) is 0 Å². The van der Waals surface area contributed by atoms with Crippen LogP contribution in [0, 0.1) is 41.4 Å². The molecule has 0 unspecified atom stereocenters. The Bertz CT molecular complexity index is 1300. The predicted molar refractivity (Wildman–Crippen MR) is 131 cm³/mol. The van der Waals surface area contributed by atoms with Crippen molar-refractivity contribution in [2.75, 3.05) is 16.3 Å². The van der Waals surface area contributed by atoms with Gasteiger partial charge in [0.05, 0.1) is 23.4 Å². The van der Waals surface area contributed by atoms with E-state index in [4.69, 9.17) is 16.3 Å². The lowest BCUT2D eigenvalue weighted by Crippen LogP contribution is -2.40. The average molecular weight is 503 g/mol. The summed E-state index contributed by atoms with van der Waals surface area (Å²) in [5.41, 5.74) is 1.18. The zero-order chi connectivity index (χ0) is 24.7. The first-order valence-electron chi connectivity index (χ1n) is 12.3. The van der Waals surface area contributed by atoms with Gasteiger partial charge in [0.2, 0.25) is 17.7 Å². The largest absolute Gasteiger partial charge is 0.426 e. The normalized spacial score (nSPS) is 33.7. The number of esters is 1. The van der Waals surface area contributed by atoms with Crippen LogP contribution in [-0.2, 0) is 19.2 Å². The van der Waals surface area contributed by atoms with Crippen molar-refractivity contribution in [3.05, 3.63) is 65.7 Å². The highest BCUT2D eigenvalue weighted by Crippen LogP contribution is 2.65. The number of amides is 3. The fourth-order valence-corrected chi connectivity index (χ4v) is 6.94. The van der Waals surface area contributed by atoms with Gasteiger partial charge in [-0.1, -0.05) is 23.8 Å². The quantitative estimate of drug-likeness (QED) is 0.274. The summed E-state index contributed by atoms with van der Waals surface area (Å²) in [5.74, 6) is -0.214. The monoisotopic (exact) mass is 502 g/mol. The summed E-state index contributed by atoms with van der Waals surface area (Å²) < 4.78 is 5.54. The zero-order valence-electron chi connectivity index (χ0n) is 19.2. The van der Waals surface area contributed by atoms with E-state index in [1.54, 1.807) is 53.4 Å². The molecule has 8 rings (SSSR count). The molecule has 4 aliphatic carbocycles. The molecule has 2 bridgehead atoms. The molecule has 0 N–H and O–H groups in total. The lowest BCUT2D eigenvalue weighted by atomic mass is 9.63. The fourth-order valence-electron chi connectivity index (χ4n) is 6.81. The minimum absolute atomic E-state index is 0.0669. The van der Waals surface area contributed by atoms with Gasteiger partial charge >= 0.3 is 5.97 Å². The number of hydrogen-bond donors (Lipinski definition) is 0. The van der Waals surface area contributed by atoms with Crippen molar-refractivity contribution in [3.8, 4) is 5.75 Å². The molecule has 2 saturated heterocycles. The van der Waals surface area contributed by atoms with E-state index in [1.807, 2.05) is 0 Å². The van der Waals surface area contributed by atoms with Gasteiger partial charge in [-0.25, -0.2) is 0 Å². The molecule has 8 heteroatoms. The van der Waals surface area contributed by atoms with Crippen molar-refractivity contribution in [1.82, 2.24) is 0 Å². The van der Waals surface area contributed by atoms with Gasteiger partial charge in [0, 0.05) is 23.7 Å². The molecule has 2 saturated carbocycles. The maximum atomic E-state index is 13.3. The van der Waals surface area contributed by atoms with Gasteiger partial charge in [0.1, 0.15) is 5.75 Å². The van der Waals surface area contributed by atoms with Crippen molar-refractivity contribution in [2.45, 2.75) is 12.8 Å². The Hall–Kier alpha value is -3.45. The van der Waals surface area contributed by atoms with E-state index in [0.717, 1.165) is 6.42 Å². The number of halogens is 1. The van der Waals surface area contributed by atoms with Crippen molar-refractivity contribution >= 4 is 46.7 Å². The maximum absolute atomic E-state index is 13.3. The number of imide groups is 1. The highest BCUT2D eigenvalue weighted by Gasteiger charge is 2.67. The van der Waals surface area contributed by atoms with Crippen molar-refractivity contribution in [3.63, 3.8) is 0 Å². The molecule has 2 aromatic rings. The Morgan fingerprint density at radius 2 is 1.42 bits per heavy atom. The van der Waals surface area contributed by atoms with Crippen LogP contribution in [0.3, 0.4) is 0 Å². The highest BCUT2D eigenvalue weighted by molar-refractivity contribution is 6.30. The van der Waals surface area contributed by atoms with Crippen LogP contribution in [0.1, 0.15) is 12.8 Å². The molecule has 2 aromatic carbocycles. The average Bonchev–Trinajstić information content (AvgIpc) is 3.56. The van der Waals surface area contributed by atoms with Gasteiger partial charge in [-0.05, 0) is 78.6 Å².